The Morgan fingerprint density at radius 3 is 2.50 bits per heavy atom. The monoisotopic (exact) mass is 316 g/mol. The molecule has 0 bridgehead atoms. The van der Waals surface area contributed by atoms with Gasteiger partial charge >= 0.3 is 18.1 Å². The van der Waals surface area contributed by atoms with Crippen molar-refractivity contribution in [2.75, 3.05) is 30.9 Å². The predicted octanol–water partition coefficient (Wildman–Crippen LogP) is 2.60. The number of rotatable bonds is 5. The maximum atomic E-state index is 12.2. The van der Waals surface area contributed by atoms with E-state index in [4.69, 9.17) is 4.74 Å². The number of nitrogens with zero attached hydrogens (tertiary/aromatic N) is 1. The highest BCUT2D eigenvalue weighted by atomic mass is 19.4. The van der Waals surface area contributed by atoms with Gasteiger partial charge in [-0.25, -0.2) is 4.79 Å². The van der Waals surface area contributed by atoms with Gasteiger partial charge in [0.25, 0.3) is 0 Å². The van der Waals surface area contributed by atoms with E-state index in [-0.39, 0.29) is 17.9 Å². The first kappa shape index (κ1) is 17.5. The Morgan fingerprint density at radius 2 is 2.00 bits per heavy atom. The number of benzene rings is 1. The lowest BCUT2D eigenvalue weighted by Gasteiger charge is -2.18. The lowest BCUT2D eigenvalue weighted by molar-refractivity contribution is -0.167. The van der Waals surface area contributed by atoms with E-state index in [2.05, 4.69) is 6.58 Å². The standard InChI is InChI=1S/C14H15F3N2O3/c1-4-7-22-12(20)10-8-9(5-6-11(10)19(2)3)18-13(21)14(15,16)17/h4-6,8H,1,7H2,2-3H3,(H,18,21). The lowest BCUT2D eigenvalue weighted by Crippen LogP contribution is -2.30. The highest BCUT2D eigenvalue weighted by molar-refractivity contribution is 6.00. The largest absolute Gasteiger partial charge is 0.471 e. The number of halogens is 3. The maximum Gasteiger partial charge on any atom is 0.471 e. The van der Waals surface area contributed by atoms with Crippen LogP contribution in [0.3, 0.4) is 0 Å². The molecule has 0 radical (unpaired) electrons. The molecular formula is C14H15F3N2O3. The van der Waals surface area contributed by atoms with Gasteiger partial charge < -0.3 is 15.0 Å². The quantitative estimate of drug-likeness (QED) is 0.670. The van der Waals surface area contributed by atoms with Crippen LogP contribution in [0.1, 0.15) is 10.4 Å². The summed E-state index contributed by atoms with van der Waals surface area (Å²) in [6.07, 6.45) is -3.65. The fourth-order valence-corrected chi connectivity index (χ4v) is 1.58. The van der Waals surface area contributed by atoms with E-state index in [1.165, 1.54) is 18.2 Å². The molecule has 1 N–H and O–H groups in total. The van der Waals surface area contributed by atoms with Crippen LogP contribution in [-0.4, -0.2) is 38.8 Å². The summed E-state index contributed by atoms with van der Waals surface area (Å²) in [6, 6.07) is 3.81. The first-order valence-corrected chi connectivity index (χ1v) is 6.14. The molecule has 5 nitrogen and oxygen atoms in total. The van der Waals surface area contributed by atoms with E-state index >= 15 is 0 Å². The van der Waals surface area contributed by atoms with Crippen molar-refractivity contribution < 1.29 is 27.5 Å². The number of esters is 1. The summed E-state index contributed by atoms with van der Waals surface area (Å²) in [4.78, 5) is 24.5. The van der Waals surface area contributed by atoms with Crippen molar-refractivity contribution in [1.82, 2.24) is 0 Å². The van der Waals surface area contributed by atoms with Crippen LogP contribution in [0.4, 0.5) is 24.5 Å². The summed E-state index contributed by atoms with van der Waals surface area (Å²) in [5, 5.41) is 1.69. The van der Waals surface area contributed by atoms with Crippen LogP contribution >= 0.6 is 0 Å². The van der Waals surface area contributed by atoms with Gasteiger partial charge in [0.15, 0.2) is 0 Å². The summed E-state index contributed by atoms with van der Waals surface area (Å²) in [5.74, 6) is -2.85. The molecule has 1 aromatic carbocycles. The second kappa shape index (κ2) is 6.97. The van der Waals surface area contributed by atoms with Gasteiger partial charge in [-0.05, 0) is 18.2 Å². The molecule has 0 aromatic heterocycles. The SMILES string of the molecule is C=CCOC(=O)c1cc(NC(=O)C(F)(F)F)ccc1N(C)C. The zero-order valence-electron chi connectivity index (χ0n) is 12.0. The number of carbonyl (C=O) groups excluding carboxylic acids is 2. The van der Waals surface area contributed by atoms with Gasteiger partial charge in [-0.2, -0.15) is 13.2 Å². The predicted molar refractivity (Wildman–Crippen MR) is 75.9 cm³/mol. The fourth-order valence-electron chi connectivity index (χ4n) is 1.58. The number of hydrogen-bond donors (Lipinski definition) is 1. The first-order valence-electron chi connectivity index (χ1n) is 6.14. The van der Waals surface area contributed by atoms with E-state index in [9.17, 15) is 22.8 Å². The minimum Gasteiger partial charge on any atom is -0.458 e. The van der Waals surface area contributed by atoms with Crippen LogP contribution in [0.2, 0.25) is 0 Å². The minimum atomic E-state index is -5.01. The number of ether oxygens (including phenoxy) is 1. The third-order valence-corrected chi connectivity index (χ3v) is 2.55. The summed E-state index contributed by atoms with van der Waals surface area (Å²) in [6.45, 7) is 3.36. The second-order valence-electron chi connectivity index (χ2n) is 4.47. The average Bonchev–Trinajstić information content (AvgIpc) is 2.43. The highest BCUT2D eigenvalue weighted by Crippen LogP contribution is 2.25. The van der Waals surface area contributed by atoms with Crippen LogP contribution in [0.15, 0.2) is 30.9 Å². The Hall–Kier alpha value is -2.51. The van der Waals surface area contributed by atoms with E-state index in [0.29, 0.717) is 5.69 Å². The van der Waals surface area contributed by atoms with Crippen molar-refractivity contribution in [1.29, 1.82) is 0 Å². The first-order chi connectivity index (χ1) is 10.2. The summed E-state index contributed by atoms with van der Waals surface area (Å²) in [5.41, 5.74) is 0.323. The number of carbonyl (C=O) groups is 2. The summed E-state index contributed by atoms with van der Waals surface area (Å²) < 4.78 is 41.6. The Balaban J connectivity index is 3.11. The number of hydrogen-bond acceptors (Lipinski definition) is 4. The normalized spacial score (nSPS) is 10.8. The number of alkyl halides is 3. The minimum absolute atomic E-state index is 0.0341. The second-order valence-corrected chi connectivity index (χ2v) is 4.47. The fraction of sp³-hybridized carbons (Fsp3) is 0.286. The van der Waals surface area contributed by atoms with Crippen molar-refractivity contribution in [3.05, 3.63) is 36.4 Å². The van der Waals surface area contributed by atoms with Crippen molar-refractivity contribution >= 4 is 23.3 Å². The molecule has 1 rings (SSSR count). The number of amides is 1. The van der Waals surface area contributed by atoms with E-state index < -0.39 is 18.1 Å². The van der Waals surface area contributed by atoms with Crippen LogP contribution < -0.4 is 10.2 Å². The van der Waals surface area contributed by atoms with Gasteiger partial charge in [-0.3, -0.25) is 4.79 Å². The molecular weight excluding hydrogens is 301 g/mol. The van der Waals surface area contributed by atoms with Gasteiger partial charge in [0.2, 0.25) is 0 Å². The van der Waals surface area contributed by atoms with Crippen LogP contribution in [0, 0.1) is 0 Å². The molecule has 0 aliphatic rings. The molecule has 1 amide bonds. The molecule has 0 aliphatic heterocycles. The van der Waals surface area contributed by atoms with Crippen molar-refractivity contribution in [3.8, 4) is 0 Å². The van der Waals surface area contributed by atoms with Crippen LogP contribution in [0.5, 0.6) is 0 Å². The smallest absolute Gasteiger partial charge is 0.458 e. The van der Waals surface area contributed by atoms with Gasteiger partial charge in [-0.15, -0.1) is 0 Å². The van der Waals surface area contributed by atoms with Gasteiger partial charge in [-0.1, -0.05) is 12.7 Å². The molecule has 0 heterocycles. The number of anilines is 2. The average molecular weight is 316 g/mol. The molecule has 120 valence electrons. The Labute approximate surface area is 125 Å². The molecule has 0 unspecified atom stereocenters. The van der Waals surface area contributed by atoms with Crippen LogP contribution in [0.25, 0.3) is 0 Å². The van der Waals surface area contributed by atoms with Gasteiger partial charge in [0.05, 0.1) is 11.3 Å². The highest BCUT2D eigenvalue weighted by Gasteiger charge is 2.38. The third-order valence-electron chi connectivity index (χ3n) is 2.55. The molecule has 0 aliphatic carbocycles. The van der Waals surface area contributed by atoms with Crippen molar-refractivity contribution in [3.63, 3.8) is 0 Å². The molecule has 0 fully saturated rings. The van der Waals surface area contributed by atoms with Crippen LogP contribution in [-0.2, 0) is 9.53 Å². The summed E-state index contributed by atoms with van der Waals surface area (Å²) in [7, 11) is 3.32. The van der Waals surface area contributed by atoms with E-state index in [1.807, 2.05) is 0 Å². The van der Waals surface area contributed by atoms with Gasteiger partial charge in [0, 0.05) is 19.8 Å². The zero-order valence-corrected chi connectivity index (χ0v) is 12.0. The lowest BCUT2D eigenvalue weighted by atomic mass is 10.1. The Morgan fingerprint density at radius 1 is 1.36 bits per heavy atom. The van der Waals surface area contributed by atoms with Gasteiger partial charge in [0.1, 0.15) is 6.61 Å². The molecule has 1 aromatic rings. The molecule has 22 heavy (non-hydrogen) atoms. The Kier molecular flexibility index (Phi) is 5.56. The molecule has 0 atom stereocenters. The Bertz CT molecular complexity index is 583. The topological polar surface area (TPSA) is 58.6 Å². The molecule has 0 spiro atoms. The van der Waals surface area contributed by atoms with Crippen molar-refractivity contribution in [2.45, 2.75) is 6.18 Å². The van der Waals surface area contributed by atoms with E-state index in [0.717, 1.165) is 6.07 Å². The molecule has 0 saturated heterocycles. The zero-order chi connectivity index (χ0) is 16.9. The maximum absolute atomic E-state index is 12.2. The van der Waals surface area contributed by atoms with Crippen molar-refractivity contribution in [2.24, 2.45) is 0 Å². The molecule has 8 heteroatoms. The third kappa shape index (κ3) is 4.51. The molecule has 0 saturated carbocycles. The number of nitrogens with one attached hydrogen (secondary N) is 1. The summed E-state index contributed by atoms with van der Waals surface area (Å²) >= 11 is 0. The van der Waals surface area contributed by atoms with E-state index in [1.54, 1.807) is 24.3 Å².